The molecule has 0 radical (unpaired) electrons. The summed E-state index contributed by atoms with van der Waals surface area (Å²) >= 11 is 5.90. The van der Waals surface area contributed by atoms with E-state index in [0.29, 0.717) is 17.3 Å². The second-order valence-electron chi connectivity index (χ2n) is 4.21. The molecule has 5 nitrogen and oxygen atoms in total. The number of carbonyl (C=O) groups is 2. The fourth-order valence-corrected chi connectivity index (χ4v) is 1.94. The molecule has 0 atom stereocenters. The molecule has 0 aliphatic rings. The van der Waals surface area contributed by atoms with Crippen molar-refractivity contribution in [1.29, 1.82) is 0 Å². The van der Waals surface area contributed by atoms with Crippen LogP contribution in [0.5, 0.6) is 0 Å². The van der Waals surface area contributed by atoms with Gasteiger partial charge in [0.05, 0.1) is 17.8 Å². The lowest BCUT2D eigenvalue weighted by molar-refractivity contribution is -0.116. The van der Waals surface area contributed by atoms with Gasteiger partial charge in [-0.3, -0.25) is 4.79 Å². The first-order valence-electron chi connectivity index (χ1n) is 6.01. The number of hydrogen-bond acceptors (Lipinski definition) is 3. The number of carboxylic acids is 1. The minimum atomic E-state index is -1.06. The van der Waals surface area contributed by atoms with Crippen LogP contribution in [0.4, 0.5) is 5.69 Å². The molecule has 0 heterocycles. The van der Waals surface area contributed by atoms with Crippen LogP contribution in [0.15, 0.2) is 18.2 Å². The Kier molecular flexibility index (Phi) is 5.63. The first kappa shape index (κ1) is 15.3. The van der Waals surface area contributed by atoms with Gasteiger partial charge in [-0.05, 0) is 24.6 Å². The first-order chi connectivity index (χ1) is 8.95. The Labute approximate surface area is 117 Å². The lowest BCUT2D eigenvalue weighted by atomic mass is 10.1. The van der Waals surface area contributed by atoms with E-state index >= 15 is 0 Å². The Hall–Kier alpha value is -1.75. The number of nitrogens with two attached hydrogens (primary N) is 1. The minimum Gasteiger partial charge on any atom is -0.478 e. The SMILES string of the molecule is CCCCN(CC(N)=O)c1cc(Cl)ccc1C(=O)O. The maximum absolute atomic E-state index is 11.2. The van der Waals surface area contributed by atoms with Gasteiger partial charge in [0.25, 0.3) is 0 Å². The van der Waals surface area contributed by atoms with Gasteiger partial charge >= 0.3 is 5.97 Å². The summed E-state index contributed by atoms with van der Waals surface area (Å²) < 4.78 is 0. The highest BCUT2D eigenvalue weighted by Gasteiger charge is 2.17. The number of benzene rings is 1. The molecular weight excluding hydrogens is 268 g/mol. The Morgan fingerprint density at radius 2 is 2.11 bits per heavy atom. The predicted octanol–water partition coefficient (Wildman–Crippen LogP) is 2.13. The molecule has 3 N–H and O–H groups in total. The van der Waals surface area contributed by atoms with E-state index in [1.807, 2.05) is 6.92 Å². The molecule has 1 rings (SSSR count). The molecule has 1 aromatic rings. The van der Waals surface area contributed by atoms with E-state index in [0.717, 1.165) is 12.8 Å². The molecule has 1 amide bonds. The van der Waals surface area contributed by atoms with Crippen LogP contribution in [0.25, 0.3) is 0 Å². The fourth-order valence-electron chi connectivity index (χ4n) is 1.77. The average molecular weight is 285 g/mol. The van der Waals surface area contributed by atoms with Gasteiger partial charge in [-0.1, -0.05) is 24.9 Å². The van der Waals surface area contributed by atoms with E-state index in [1.165, 1.54) is 12.1 Å². The van der Waals surface area contributed by atoms with Crippen LogP contribution < -0.4 is 10.6 Å². The predicted molar refractivity (Wildman–Crippen MR) is 74.7 cm³/mol. The molecule has 0 unspecified atom stereocenters. The summed E-state index contributed by atoms with van der Waals surface area (Å²) in [5.74, 6) is -1.56. The number of carbonyl (C=O) groups excluding carboxylic acids is 1. The fraction of sp³-hybridized carbons (Fsp3) is 0.385. The number of rotatable bonds is 7. The molecule has 0 aliphatic carbocycles. The molecule has 0 saturated carbocycles. The third-order valence-corrected chi connectivity index (χ3v) is 2.89. The number of aromatic carboxylic acids is 1. The molecule has 0 bridgehead atoms. The number of halogens is 1. The second kappa shape index (κ2) is 6.99. The summed E-state index contributed by atoms with van der Waals surface area (Å²) in [6.07, 6.45) is 1.76. The topological polar surface area (TPSA) is 83.6 Å². The van der Waals surface area contributed by atoms with E-state index in [9.17, 15) is 14.7 Å². The van der Waals surface area contributed by atoms with Gasteiger partial charge in [0.1, 0.15) is 0 Å². The molecular formula is C13H17ClN2O3. The summed E-state index contributed by atoms with van der Waals surface area (Å²) in [4.78, 5) is 24.0. The highest BCUT2D eigenvalue weighted by atomic mass is 35.5. The molecule has 0 spiro atoms. The number of amides is 1. The van der Waals surface area contributed by atoms with Crippen molar-refractivity contribution in [3.63, 3.8) is 0 Å². The zero-order chi connectivity index (χ0) is 14.4. The second-order valence-corrected chi connectivity index (χ2v) is 4.64. The normalized spacial score (nSPS) is 10.2. The van der Waals surface area contributed by atoms with E-state index in [2.05, 4.69) is 0 Å². The van der Waals surface area contributed by atoms with Gasteiger partial charge in [0, 0.05) is 11.6 Å². The van der Waals surface area contributed by atoms with E-state index in [1.54, 1.807) is 11.0 Å². The Morgan fingerprint density at radius 3 is 2.63 bits per heavy atom. The van der Waals surface area contributed by atoms with Crippen molar-refractivity contribution in [3.8, 4) is 0 Å². The molecule has 19 heavy (non-hydrogen) atoms. The van der Waals surface area contributed by atoms with Gasteiger partial charge in [-0.25, -0.2) is 4.79 Å². The number of carboxylic acid groups (broad SMARTS) is 1. The number of primary amides is 1. The Morgan fingerprint density at radius 1 is 1.42 bits per heavy atom. The maximum atomic E-state index is 11.2. The first-order valence-corrected chi connectivity index (χ1v) is 6.39. The van der Waals surface area contributed by atoms with E-state index < -0.39 is 11.9 Å². The maximum Gasteiger partial charge on any atom is 0.337 e. The van der Waals surface area contributed by atoms with Crippen LogP contribution in [0, 0.1) is 0 Å². The van der Waals surface area contributed by atoms with Gasteiger partial charge in [-0.15, -0.1) is 0 Å². The van der Waals surface area contributed by atoms with E-state index in [-0.39, 0.29) is 12.1 Å². The lowest BCUT2D eigenvalue weighted by Gasteiger charge is -2.25. The van der Waals surface area contributed by atoms with Gasteiger partial charge in [0.15, 0.2) is 0 Å². The summed E-state index contributed by atoms with van der Waals surface area (Å²) in [6, 6.07) is 4.49. The van der Waals surface area contributed by atoms with Gasteiger partial charge in [0.2, 0.25) is 5.91 Å². The average Bonchev–Trinajstić information content (AvgIpc) is 2.33. The quantitative estimate of drug-likeness (QED) is 0.803. The summed E-state index contributed by atoms with van der Waals surface area (Å²) in [5, 5.41) is 9.60. The van der Waals surface area contributed by atoms with Crippen molar-refractivity contribution in [1.82, 2.24) is 0 Å². The van der Waals surface area contributed by atoms with Crippen molar-refractivity contribution in [3.05, 3.63) is 28.8 Å². The van der Waals surface area contributed by atoms with Crippen LogP contribution >= 0.6 is 11.6 Å². The van der Waals surface area contributed by atoms with Crippen molar-refractivity contribution in [2.75, 3.05) is 18.0 Å². The molecule has 0 aliphatic heterocycles. The monoisotopic (exact) mass is 284 g/mol. The largest absolute Gasteiger partial charge is 0.478 e. The third-order valence-electron chi connectivity index (χ3n) is 2.66. The summed E-state index contributed by atoms with van der Waals surface area (Å²) in [5.41, 5.74) is 5.74. The van der Waals surface area contributed by atoms with Crippen molar-refractivity contribution >= 4 is 29.2 Å². The van der Waals surface area contributed by atoms with Gasteiger partial charge in [-0.2, -0.15) is 0 Å². The Bertz CT molecular complexity index is 477. The number of hydrogen-bond donors (Lipinski definition) is 2. The zero-order valence-electron chi connectivity index (χ0n) is 10.7. The number of nitrogens with zero attached hydrogens (tertiary/aromatic N) is 1. The van der Waals surface area contributed by atoms with Crippen LogP contribution in [-0.2, 0) is 4.79 Å². The highest BCUT2D eigenvalue weighted by Crippen LogP contribution is 2.25. The van der Waals surface area contributed by atoms with Crippen LogP contribution in [0.3, 0.4) is 0 Å². The summed E-state index contributed by atoms with van der Waals surface area (Å²) in [6.45, 7) is 2.54. The Balaban J connectivity index is 3.14. The lowest BCUT2D eigenvalue weighted by Crippen LogP contribution is -2.35. The molecule has 6 heteroatoms. The van der Waals surface area contributed by atoms with Crippen LogP contribution in [0.2, 0.25) is 5.02 Å². The van der Waals surface area contributed by atoms with Crippen molar-refractivity contribution < 1.29 is 14.7 Å². The number of unbranched alkanes of at least 4 members (excludes halogenated alkanes) is 1. The standard InChI is InChI=1S/C13H17ClN2O3/c1-2-3-6-16(8-12(15)17)11-7-9(14)4-5-10(11)13(18)19/h4-5,7H,2-3,6,8H2,1H3,(H2,15,17)(H,18,19). The van der Waals surface area contributed by atoms with Crippen molar-refractivity contribution in [2.24, 2.45) is 5.73 Å². The van der Waals surface area contributed by atoms with Crippen LogP contribution in [0.1, 0.15) is 30.1 Å². The van der Waals surface area contributed by atoms with Crippen molar-refractivity contribution in [2.45, 2.75) is 19.8 Å². The molecule has 1 aromatic carbocycles. The third kappa shape index (κ3) is 4.44. The molecule has 0 aromatic heterocycles. The van der Waals surface area contributed by atoms with Crippen LogP contribution in [-0.4, -0.2) is 30.1 Å². The molecule has 0 saturated heterocycles. The highest BCUT2D eigenvalue weighted by molar-refractivity contribution is 6.31. The minimum absolute atomic E-state index is 0.0272. The number of anilines is 1. The summed E-state index contributed by atoms with van der Waals surface area (Å²) in [7, 11) is 0. The molecule has 104 valence electrons. The zero-order valence-corrected chi connectivity index (χ0v) is 11.5. The van der Waals surface area contributed by atoms with Gasteiger partial charge < -0.3 is 15.7 Å². The van der Waals surface area contributed by atoms with E-state index in [4.69, 9.17) is 17.3 Å². The smallest absolute Gasteiger partial charge is 0.337 e. The molecule has 0 fully saturated rings.